The SMILES string of the molecule is Cl.O=C(Cl)c1cc2cc(Oc3nc4ncccc4s3)ccc2o1. The highest BCUT2D eigenvalue weighted by atomic mass is 35.5. The first-order valence-electron chi connectivity index (χ1n) is 6.32. The number of furan rings is 1. The maximum atomic E-state index is 11.1. The first-order chi connectivity index (χ1) is 10.7. The molecule has 1 aromatic carbocycles. The molecular weight excluding hydrogens is 359 g/mol. The van der Waals surface area contributed by atoms with Crippen LogP contribution in [0, 0.1) is 0 Å². The normalized spacial score (nSPS) is 10.7. The van der Waals surface area contributed by atoms with Crippen molar-refractivity contribution in [3.8, 4) is 10.9 Å². The second kappa shape index (κ2) is 6.16. The molecule has 4 rings (SSSR count). The Bertz CT molecular complexity index is 979. The summed E-state index contributed by atoms with van der Waals surface area (Å²) >= 11 is 6.82. The van der Waals surface area contributed by atoms with Crippen LogP contribution in [0.15, 0.2) is 47.0 Å². The topological polar surface area (TPSA) is 65.2 Å². The average Bonchev–Trinajstić information content (AvgIpc) is 3.09. The Kier molecular flexibility index (Phi) is 4.21. The molecule has 0 aliphatic carbocycles. The van der Waals surface area contributed by atoms with Crippen LogP contribution in [0.2, 0.25) is 0 Å². The van der Waals surface area contributed by atoms with E-state index in [4.69, 9.17) is 20.8 Å². The molecule has 0 amide bonds. The smallest absolute Gasteiger partial charge is 0.287 e. The molecule has 0 N–H and O–H groups in total. The molecule has 0 unspecified atom stereocenters. The maximum Gasteiger partial charge on any atom is 0.287 e. The van der Waals surface area contributed by atoms with E-state index in [1.807, 2.05) is 12.1 Å². The van der Waals surface area contributed by atoms with E-state index in [0.717, 1.165) is 10.1 Å². The molecule has 0 spiro atoms. The molecule has 0 radical (unpaired) electrons. The van der Waals surface area contributed by atoms with Gasteiger partial charge in [-0.2, -0.15) is 4.98 Å². The van der Waals surface area contributed by atoms with Crippen molar-refractivity contribution in [1.29, 1.82) is 0 Å². The number of hydrogen-bond acceptors (Lipinski definition) is 6. The monoisotopic (exact) mass is 366 g/mol. The molecule has 0 bridgehead atoms. The summed E-state index contributed by atoms with van der Waals surface area (Å²) in [6, 6.07) is 10.6. The first-order valence-corrected chi connectivity index (χ1v) is 7.51. The van der Waals surface area contributed by atoms with Crippen LogP contribution in [-0.2, 0) is 0 Å². The molecule has 0 saturated carbocycles. The number of aromatic nitrogens is 2. The highest BCUT2D eigenvalue weighted by Gasteiger charge is 2.11. The van der Waals surface area contributed by atoms with Crippen LogP contribution in [0.4, 0.5) is 0 Å². The average molecular weight is 367 g/mol. The maximum absolute atomic E-state index is 11.1. The summed E-state index contributed by atoms with van der Waals surface area (Å²) in [6.45, 7) is 0. The molecule has 0 fully saturated rings. The number of ether oxygens (including phenoxy) is 1. The van der Waals surface area contributed by atoms with E-state index in [2.05, 4.69) is 9.97 Å². The quantitative estimate of drug-likeness (QED) is 0.475. The van der Waals surface area contributed by atoms with E-state index < -0.39 is 5.24 Å². The third-order valence-corrected chi connectivity index (χ3v) is 4.11. The van der Waals surface area contributed by atoms with Crippen molar-refractivity contribution >= 4 is 61.9 Å². The van der Waals surface area contributed by atoms with Gasteiger partial charge in [0, 0.05) is 11.6 Å². The van der Waals surface area contributed by atoms with Crippen molar-refractivity contribution in [3.63, 3.8) is 0 Å². The van der Waals surface area contributed by atoms with Gasteiger partial charge >= 0.3 is 0 Å². The third kappa shape index (κ3) is 3.01. The lowest BCUT2D eigenvalue weighted by Crippen LogP contribution is -1.82. The fourth-order valence-electron chi connectivity index (χ4n) is 2.08. The molecule has 3 heterocycles. The van der Waals surface area contributed by atoms with Crippen molar-refractivity contribution < 1.29 is 13.9 Å². The summed E-state index contributed by atoms with van der Waals surface area (Å²) in [7, 11) is 0. The lowest BCUT2D eigenvalue weighted by atomic mass is 10.2. The van der Waals surface area contributed by atoms with Crippen LogP contribution in [0.1, 0.15) is 10.6 Å². The van der Waals surface area contributed by atoms with Crippen LogP contribution >= 0.6 is 35.3 Å². The van der Waals surface area contributed by atoms with Gasteiger partial charge in [-0.05, 0) is 48.0 Å². The molecule has 0 atom stereocenters. The molecule has 0 saturated heterocycles. The Morgan fingerprint density at radius 2 is 2.13 bits per heavy atom. The van der Waals surface area contributed by atoms with Gasteiger partial charge in [-0.15, -0.1) is 12.4 Å². The number of halogens is 2. The minimum atomic E-state index is -0.629. The van der Waals surface area contributed by atoms with Gasteiger partial charge in [-0.1, -0.05) is 11.3 Å². The Labute approximate surface area is 145 Å². The highest BCUT2D eigenvalue weighted by Crippen LogP contribution is 2.32. The van der Waals surface area contributed by atoms with Gasteiger partial charge in [0.1, 0.15) is 11.3 Å². The number of hydrogen-bond donors (Lipinski definition) is 0. The van der Waals surface area contributed by atoms with Crippen molar-refractivity contribution in [2.45, 2.75) is 0 Å². The largest absolute Gasteiger partial charge is 0.452 e. The fourth-order valence-corrected chi connectivity index (χ4v) is 2.96. The molecule has 5 nitrogen and oxygen atoms in total. The van der Waals surface area contributed by atoms with E-state index in [1.54, 1.807) is 30.5 Å². The lowest BCUT2D eigenvalue weighted by Gasteiger charge is -2.00. The molecule has 0 aliphatic rings. The second-order valence-electron chi connectivity index (χ2n) is 4.49. The summed E-state index contributed by atoms with van der Waals surface area (Å²) in [5, 5.41) is 0.613. The van der Waals surface area contributed by atoms with Crippen LogP contribution in [-0.4, -0.2) is 15.2 Å². The van der Waals surface area contributed by atoms with E-state index in [9.17, 15) is 4.79 Å². The van der Waals surface area contributed by atoms with Crippen molar-refractivity contribution in [2.75, 3.05) is 0 Å². The van der Waals surface area contributed by atoms with Crippen molar-refractivity contribution in [2.24, 2.45) is 0 Å². The van der Waals surface area contributed by atoms with E-state index in [0.29, 0.717) is 22.2 Å². The summed E-state index contributed by atoms with van der Waals surface area (Å²) in [4.78, 5) is 19.6. The Balaban J connectivity index is 0.00000156. The number of rotatable bonds is 3. The van der Waals surface area contributed by atoms with E-state index in [-0.39, 0.29) is 18.2 Å². The zero-order chi connectivity index (χ0) is 15.1. The van der Waals surface area contributed by atoms with Crippen LogP contribution in [0.5, 0.6) is 10.9 Å². The van der Waals surface area contributed by atoms with Gasteiger partial charge in [0.15, 0.2) is 11.4 Å². The van der Waals surface area contributed by atoms with Crippen LogP contribution in [0.3, 0.4) is 0 Å². The van der Waals surface area contributed by atoms with Crippen LogP contribution in [0.25, 0.3) is 21.3 Å². The van der Waals surface area contributed by atoms with Gasteiger partial charge < -0.3 is 9.15 Å². The molecule has 3 aromatic heterocycles. The van der Waals surface area contributed by atoms with Crippen molar-refractivity contribution in [1.82, 2.24) is 9.97 Å². The number of thiazole rings is 1. The minimum Gasteiger partial charge on any atom is -0.452 e. The Morgan fingerprint density at radius 3 is 2.91 bits per heavy atom. The number of carbonyl (C=O) groups is 1. The number of benzene rings is 1. The molecule has 0 aliphatic heterocycles. The first kappa shape index (κ1) is 15.7. The summed E-state index contributed by atoms with van der Waals surface area (Å²) in [5.41, 5.74) is 1.23. The molecule has 23 heavy (non-hydrogen) atoms. The Hall–Kier alpha value is -2.15. The predicted octanol–water partition coefficient (Wildman–Crippen LogP) is 5.03. The standard InChI is InChI=1S/C15H7ClN2O3S.ClH/c16-13(19)11-7-8-6-9(3-4-10(8)21-11)20-15-18-14-12(22-15)2-1-5-17-14;/h1-7H;1H. The van der Waals surface area contributed by atoms with Gasteiger partial charge in [0.25, 0.3) is 10.4 Å². The number of fused-ring (bicyclic) bond motifs is 2. The number of nitrogens with zero attached hydrogens (tertiary/aromatic N) is 2. The molecule has 4 aromatic rings. The zero-order valence-corrected chi connectivity index (χ0v) is 13.7. The second-order valence-corrected chi connectivity index (χ2v) is 5.83. The van der Waals surface area contributed by atoms with E-state index >= 15 is 0 Å². The minimum absolute atomic E-state index is 0. The summed E-state index contributed by atoms with van der Waals surface area (Å²) < 4.78 is 12.0. The third-order valence-electron chi connectivity index (χ3n) is 3.03. The van der Waals surface area contributed by atoms with E-state index in [1.165, 1.54) is 11.3 Å². The van der Waals surface area contributed by atoms with Gasteiger partial charge in [0.2, 0.25) is 0 Å². The van der Waals surface area contributed by atoms with Crippen molar-refractivity contribution in [3.05, 3.63) is 48.4 Å². The molecule has 8 heteroatoms. The van der Waals surface area contributed by atoms with Crippen LogP contribution < -0.4 is 4.74 Å². The lowest BCUT2D eigenvalue weighted by molar-refractivity contribution is 0.105. The van der Waals surface area contributed by atoms with Gasteiger partial charge in [0.05, 0.1) is 4.70 Å². The summed E-state index contributed by atoms with van der Waals surface area (Å²) in [6.07, 6.45) is 1.69. The number of pyridine rings is 1. The summed E-state index contributed by atoms with van der Waals surface area (Å²) in [5.74, 6) is 0.707. The highest BCUT2D eigenvalue weighted by molar-refractivity contribution is 7.20. The van der Waals surface area contributed by atoms with Gasteiger partial charge in [-0.3, -0.25) is 4.79 Å². The molecular formula is C15H8Cl2N2O3S. The number of carbonyl (C=O) groups excluding carboxylic acids is 1. The predicted molar refractivity (Wildman–Crippen MR) is 91.1 cm³/mol. The van der Waals surface area contributed by atoms with Gasteiger partial charge in [-0.25, -0.2) is 4.98 Å². The molecule has 116 valence electrons. The zero-order valence-electron chi connectivity index (χ0n) is 11.4. The Morgan fingerprint density at radius 1 is 1.26 bits per heavy atom. The fraction of sp³-hybridized carbons (Fsp3) is 0.